The summed E-state index contributed by atoms with van der Waals surface area (Å²) in [5, 5.41) is 4.85. The van der Waals surface area contributed by atoms with Gasteiger partial charge in [-0.2, -0.15) is 0 Å². The van der Waals surface area contributed by atoms with Crippen LogP contribution in [0.4, 0.5) is 15.6 Å². The van der Waals surface area contributed by atoms with E-state index in [1.165, 1.54) is 11.3 Å². The average Bonchev–Trinajstić information content (AvgIpc) is 3.05. The molecule has 0 radical (unpaired) electrons. The minimum absolute atomic E-state index is 0.0499. The molecule has 138 valence electrons. The fourth-order valence-electron chi connectivity index (χ4n) is 2.95. The van der Waals surface area contributed by atoms with Gasteiger partial charge in [0.1, 0.15) is 5.75 Å². The maximum absolute atomic E-state index is 12.6. The van der Waals surface area contributed by atoms with Gasteiger partial charge >= 0.3 is 6.09 Å². The molecule has 1 aliphatic rings. The Hall–Kier alpha value is -2.41. The van der Waals surface area contributed by atoms with Crippen molar-refractivity contribution in [3.63, 3.8) is 0 Å². The number of thiazole rings is 1. The third-order valence-electron chi connectivity index (χ3n) is 4.00. The van der Waals surface area contributed by atoms with E-state index in [4.69, 9.17) is 4.74 Å². The number of aromatic nitrogens is 1. The van der Waals surface area contributed by atoms with E-state index in [2.05, 4.69) is 31.1 Å². The van der Waals surface area contributed by atoms with Gasteiger partial charge in [0.25, 0.3) is 0 Å². The number of rotatable bonds is 3. The van der Waals surface area contributed by atoms with Gasteiger partial charge in [0.15, 0.2) is 5.13 Å². The van der Waals surface area contributed by atoms with Crippen LogP contribution < -0.4 is 15.0 Å². The smallest absolute Gasteiger partial charge is 0.410 e. The van der Waals surface area contributed by atoms with Crippen LogP contribution in [0.2, 0.25) is 0 Å². The minimum Gasteiger partial charge on any atom is -0.410 e. The number of hydrogen-bond acceptors (Lipinski definition) is 5. The van der Waals surface area contributed by atoms with Crippen LogP contribution in [0, 0.1) is 5.41 Å². The quantitative estimate of drug-likeness (QED) is 0.862. The molecule has 0 saturated carbocycles. The molecule has 0 aliphatic carbocycles. The third kappa shape index (κ3) is 4.60. The number of amides is 2. The molecule has 0 fully saturated rings. The van der Waals surface area contributed by atoms with Crippen LogP contribution in [0.25, 0.3) is 0 Å². The van der Waals surface area contributed by atoms with Crippen molar-refractivity contribution < 1.29 is 14.3 Å². The molecule has 0 saturated heterocycles. The van der Waals surface area contributed by atoms with E-state index >= 15 is 0 Å². The lowest BCUT2D eigenvalue weighted by molar-refractivity contribution is -0.120. The number of ether oxygens (including phenoxy) is 1. The Labute approximate surface area is 157 Å². The van der Waals surface area contributed by atoms with Crippen molar-refractivity contribution in [2.75, 3.05) is 16.8 Å². The van der Waals surface area contributed by atoms with Crippen molar-refractivity contribution in [2.24, 2.45) is 5.41 Å². The SMILES string of the molecule is CC(C)(C)CC(=O)N1CCCc2cc(OC(=O)Nc3nccs3)ccc21. The molecule has 0 unspecified atom stereocenters. The zero-order valence-corrected chi connectivity index (χ0v) is 16.1. The number of fused-ring (bicyclic) bond motifs is 1. The van der Waals surface area contributed by atoms with Gasteiger partial charge in [-0.3, -0.25) is 10.1 Å². The van der Waals surface area contributed by atoms with E-state index in [-0.39, 0.29) is 11.3 Å². The summed E-state index contributed by atoms with van der Waals surface area (Å²) >= 11 is 1.33. The molecule has 1 aromatic heterocycles. The number of benzene rings is 1. The van der Waals surface area contributed by atoms with Crippen LogP contribution in [0.3, 0.4) is 0 Å². The molecule has 1 N–H and O–H groups in total. The first-order valence-electron chi connectivity index (χ1n) is 8.63. The van der Waals surface area contributed by atoms with Gasteiger partial charge in [-0.15, -0.1) is 11.3 Å². The highest BCUT2D eigenvalue weighted by atomic mass is 32.1. The normalized spacial score (nSPS) is 13.9. The van der Waals surface area contributed by atoms with Crippen molar-refractivity contribution in [3.05, 3.63) is 35.3 Å². The van der Waals surface area contributed by atoms with Crippen molar-refractivity contribution in [3.8, 4) is 5.75 Å². The zero-order valence-electron chi connectivity index (χ0n) is 15.2. The van der Waals surface area contributed by atoms with E-state index in [0.29, 0.717) is 17.3 Å². The molecule has 2 amide bonds. The van der Waals surface area contributed by atoms with E-state index in [0.717, 1.165) is 30.6 Å². The predicted molar refractivity (Wildman–Crippen MR) is 103 cm³/mol. The number of anilines is 2. The second-order valence-electron chi connectivity index (χ2n) is 7.53. The molecular formula is C19H23N3O3S. The molecule has 3 rings (SSSR count). The summed E-state index contributed by atoms with van der Waals surface area (Å²) in [7, 11) is 0. The highest BCUT2D eigenvalue weighted by Crippen LogP contribution is 2.32. The summed E-state index contributed by atoms with van der Waals surface area (Å²) in [6.45, 7) is 6.92. The lowest BCUT2D eigenvalue weighted by Gasteiger charge is -2.32. The fraction of sp³-hybridized carbons (Fsp3) is 0.421. The fourth-order valence-corrected chi connectivity index (χ4v) is 3.46. The Bertz CT molecular complexity index is 797. The largest absolute Gasteiger partial charge is 0.418 e. The maximum Gasteiger partial charge on any atom is 0.418 e. The molecule has 2 heterocycles. The number of nitrogens with zero attached hydrogens (tertiary/aromatic N) is 2. The Morgan fingerprint density at radius 1 is 1.35 bits per heavy atom. The number of hydrogen-bond donors (Lipinski definition) is 1. The lowest BCUT2D eigenvalue weighted by Crippen LogP contribution is -2.37. The van der Waals surface area contributed by atoms with Crippen LogP contribution in [0.15, 0.2) is 29.8 Å². The predicted octanol–water partition coefficient (Wildman–Crippen LogP) is 4.47. The molecule has 0 spiro atoms. The topological polar surface area (TPSA) is 71.5 Å². The summed E-state index contributed by atoms with van der Waals surface area (Å²) in [5.74, 6) is 0.594. The molecule has 26 heavy (non-hydrogen) atoms. The summed E-state index contributed by atoms with van der Waals surface area (Å²) in [4.78, 5) is 30.4. The van der Waals surface area contributed by atoms with Crippen molar-refractivity contribution in [1.29, 1.82) is 0 Å². The first-order chi connectivity index (χ1) is 12.3. The van der Waals surface area contributed by atoms with E-state index < -0.39 is 6.09 Å². The van der Waals surface area contributed by atoms with Crippen LogP contribution in [0.5, 0.6) is 5.75 Å². The Morgan fingerprint density at radius 2 is 2.15 bits per heavy atom. The van der Waals surface area contributed by atoms with Gasteiger partial charge in [0, 0.05) is 30.2 Å². The van der Waals surface area contributed by atoms with Gasteiger partial charge in [-0.05, 0) is 42.0 Å². The second kappa shape index (κ2) is 7.45. The molecule has 2 aromatic rings. The molecule has 7 heteroatoms. The highest BCUT2D eigenvalue weighted by molar-refractivity contribution is 7.13. The van der Waals surface area contributed by atoms with Crippen LogP contribution in [-0.4, -0.2) is 23.5 Å². The Balaban J connectivity index is 1.71. The molecule has 6 nitrogen and oxygen atoms in total. The van der Waals surface area contributed by atoms with E-state index in [1.807, 2.05) is 17.0 Å². The average molecular weight is 373 g/mol. The van der Waals surface area contributed by atoms with Crippen LogP contribution >= 0.6 is 11.3 Å². The van der Waals surface area contributed by atoms with Crippen molar-refractivity contribution >= 4 is 34.2 Å². The molecular weight excluding hydrogens is 350 g/mol. The van der Waals surface area contributed by atoms with Crippen molar-refractivity contribution in [2.45, 2.75) is 40.0 Å². The minimum atomic E-state index is -0.573. The van der Waals surface area contributed by atoms with Gasteiger partial charge < -0.3 is 9.64 Å². The lowest BCUT2D eigenvalue weighted by atomic mass is 9.90. The highest BCUT2D eigenvalue weighted by Gasteiger charge is 2.26. The van der Waals surface area contributed by atoms with Gasteiger partial charge in [0.05, 0.1) is 0 Å². The summed E-state index contributed by atoms with van der Waals surface area (Å²) in [6.07, 6.45) is 3.30. The maximum atomic E-state index is 12.6. The standard InChI is InChI=1S/C19H23N3O3S/c1-19(2,3)12-16(23)22-9-4-5-13-11-14(6-7-15(13)22)25-18(24)21-17-20-8-10-26-17/h6-8,10-11H,4-5,9,12H2,1-3H3,(H,20,21,24). The summed E-state index contributed by atoms with van der Waals surface area (Å²) in [6, 6.07) is 5.43. The summed E-state index contributed by atoms with van der Waals surface area (Å²) in [5.41, 5.74) is 1.89. The molecule has 1 aromatic carbocycles. The summed E-state index contributed by atoms with van der Waals surface area (Å²) < 4.78 is 5.34. The zero-order chi connectivity index (χ0) is 18.7. The molecule has 0 atom stereocenters. The van der Waals surface area contributed by atoms with Crippen LogP contribution in [-0.2, 0) is 11.2 Å². The number of aryl methyl sites for hydroxylation is 1. The third-order valence-corrected chi connectivity index (χ3v) is 4.69. The second-order valence-corrected chi connectivity index (χ2v) is 8.42. The van der Waals surface area contributed by atoms with Crippen LogP contribution in [0.1, 0.15) is 39.2 Å². The molecule has 1 aliphatic heterocycles. The van der Waals surface area contributed by atoms with Gasteiger partial charge in [-0.1, -0.05) is 20.8 Å². The monoisotopic (exact) mass is 373 g/mol. The van der Waals surface area contributed by atoms with Crippen molar-refractivity contribution in [1.82, 2.24) is 4.98 Å². The van der Waals surface area contributed by atoms with E-state index in [1.54, 1.807) is 17.6 Å². The number of nitrogens with one attached hydrogen (secondary N) is 1. The van der Waals surface area contributed by atoms with Gasteiger partial charge in [-0.25, -0.2) is 9.78 Å². The van der Waals surface area contributed by atoms with E-state index in [9.17, 15) is 9.59 Å². The number of carbonyl (C=O) groups is 2. The first-order valence-corrected chi connectivity index (χ1v) is 9.51. The Morgan fingerprint density at radius 3 is 2.85 bits per heavy atom. The number of carbonyl (C=O) groups excluding carboxylic acids is 2. The van der Waals surface area contributed by atoms with Gasteiger partial charge in [0.2, 0.25) is 5.91 Å². The Kier molecular flexibility index (Phi) is 5.27. The first kappa shape index (κ1) is 18.4. The molecule has 0 bridgehead atoms.